The summed E-state index contributed by atoms with van der Waals surface area (Å²) >= 11 is 1.30. The normalized spacial score (nSPS) is 12.0. The van der Waals surface area contributed by atoms with Crippen LogP contribution in [0, 0.1) is 5.82 Å². The van der Waals surface area contributed by atoms with Crippen molar-refractivity contribution in [3.8, 4) is 5.69 Å². The number of carbonyl (C=O) groups is 1. The van der Waals surface area contributed by atoms with Crippen LogP contribution in [0.25, 0.3) is 5.69 Å². The van der Waals surface area contributed by atoms with Crippen LogP contribution < -0.4 is 5.32 Å². The first-order valence-corrected chi connectivity index (χ1v) is 12.3. The Labute approximate surface area is 209 Å². The van der Waals surface area contributed by atoms with Gasteiger partial charge in [-0.05, 0) is 68.9 Å². The Morgan fingerprint density at radius 2 is 1.69 bits per heavy atom. The predicted molar refractivity (Wildman–Crippen MR) is 138 cm³/mol. The van der Waals surface area contributed by atoms with E-state index in [1.165, 1.54) is 29.5 Å². The Balaban J connectivity index is 1.50. The highest BCUT2D eigenvalue weighted by Crippen LogP contribution is 2.27. The molecule has 180 valence electrons. The van der Waals surface area contributed by atoms with Gasteiger partial charge in [-0.15, -0.1) is 10.2 Å². The number of amides is 1. The number of benzene rings is 3. The predicted octanol–water partition coefficient (Wildman–Crippen LogP) is 5.35. The Morgan fingerprint density at radius 3 is 2.40 bits per heavy atom. The average Bonchev–Trinajstić information content (AvgIpc) is 3.28. The van der Waals surface area contributed by atoms with Crippen LogP contribution in [0.4, 0.5) is 10.1 Å². The van der Waals surface area contributed by atoms with Gasteiger partial charge < -0.3 is 5.32 Å². The molecule has 0 saturated carbocycles. The number of aromatic nitrogens is 3. The lowest BCUT2D eigenvalue weighted by atomic mass is 10.0. The summed E-state index contributed by atoms with van der Waals surface area (Å²) in [5, 5.41) is 12.3. The van der Waals surface area contributed by atoms with Crippen molar-refractivity contribution in [3.63, 3.8) is 0 Å². The van der Waals surface area contributed by atoms with Crippen LogP contribution in [-0.4, -0.2) is 45.4 Å². The zero-order chi connectivity index (χ0) is 24.8. The van der Waals surface area contributed by atoms with E-state index < -0.39 is 0 Å². The number of hydrogen-bond acceptors (Lipinski definition) is 5. The molecular formula is C27H28FN5OS. The van der Waals surface area contributed by atoms with Gasteiger partial charge in [0.1, 0.15) is 5.82 Å². The fraction of sp³-hybridized carbons (Fsp3) is 0.222. The number of hydrogen-bond donors (Lipinski definition) is 1. The Bertz CT molecular complexity index is 1270. The van der Waals surface area contributed by atoms with Crippen molar-refractivity contribution in [2.75, 3.05) is 25.2 Å². The van der Waals surface area contributed by atoms with Gasteiger partial charge in [0.15, 0.2) is 11.0 Å². The molecule has 6 nitrogen and oxygen atoms in total. The Hall–Kier alpha value is -3.49. The topological polar surface area (TPSA) is 63.1 Å². The summed E-state index contributed by atoms with van der Waals surface area (Å²) < 4.78 is 15.4. The smallest absolute Gasteiger partial charge is 0.234 e. The van der Waals surface area contributed by atoms with Crippen molar-refractivity contribution in [2.45, 2.75) is 24.5 Å². The van der Waals surface area contributed by atoms with E-state index in [1.807, 2.05) is 73.0 Å². The van der Waals surface area contributed by atoms with Crippen LogP contribution in [0.5, 0.6) is 0 Å². The van der Waals surface area contributed by atoms with E-state index in [4.69, 9.17) is 0 Å². The number of nitrogens with zero attached hydrogens (tertiary/aromatic N) is 4. The van der Waals surface area contributed by atoms with Crippen molar-refractivity contribution >= 4 is 23.4 Å². The molecule has 1 N–H and O–H groups in total. The first-order chi connectivity index (χ1) is 16.9. The number of nitrogens with one attached hydrogen (secondary N) is 1. The Kier molecular flexibility index (Phi) is 7.94. The second-order valence-electron chi connectivity index (χ2n) is 8.45. The minimum Gasteiger partial charge on any atom is -0.325 e. The molecule has 0 saturated heterocycles. The summed E-state index contributed by atoms with van der Waals surface area (Å²) in [5.41, 5.74) is 3.77. The summed E-state index contributed by atoms with van der Waals surface area (Å²) in [6, 6.07) is 24.1. The van der Waals surface area contributed by atoms with Crippen LogP contribution >= 0.6 is 11.8 Å². The van der Waals surface area contributed by atoms with E-state index in [0.29, 0.717) is 5.16 Å². The lowest BCUT2D eigenvalue weighted by Gasteiger charge is -2.20. The van der Waals surface area contributed by atoms with Gasteiger partial charge >= 0.3 is 0 Å². The highest BCUT2D eigenvalue weighted by Gasteiger charge is 2.21. The third kappa shape index (κ3) is 6.15. The van der Waals surface area contributed by atoms with Crippen LogP contribution in [0.1, 0.15) is 29.9 Å². The van der Waals surface area contributed by atoms with Crippen LogP contribution in [-0.2, 0) is 11.2 Å². The van der Waals surface area contributed by atoms with Crippen LogP contribution in [0.3, 0.4) is 0 Å². The molecule has 1 atom stereocenters. The van der Waals surface area contributed by atoms with E-state index in [2.05, 4.69) is 27.6 Å². The van der Waals surface area contributed by atoms with E-state index in [-0.39, 0.29) is 23.5 Å². The SMILES string of the molecule is C[C@H](c1nnc(SCC(=O)Nc2ccccc2Cc2ccccc2)n1-c1ccc(F)cc1)N(C)C. The number of halogens is 1. The van der Waals surface area contributed by atoms with E-state index in [0.717, 1.165) is 29.2 Å². The van der Waals surface area contributed by atoms with Gasteiger partial charge in [0.25, 0.3) is 0 Å². The maximum atomic E-state index is 13.5. The fourth-order valence-electron chi connectivity index (χ4n) is 3.64. The lowest BCUT2D eigenvalue weighted by molar-refractivity contribution is -0.113. The second-order valence-corrected chi connectivity index (χ2v) is 9.39. The third-order valence-corrected chi connectivity index (χ3v) is 6.68. The average molecular weight is 490 g/mol. The molecule has 1 heterocycles. The fourth-order valence-corrected chi connectivity index (χ4v) is 4.40. The molecule has 0 aliphatic carbocycles. The van der Waals surface area contributed by atoms with Gasteiger partial charge in [0, 0.05) is 11.4 Å². The molecule has 4 rings (SSSR count). The number of thioether (sulfide) groups is 1. The largest absolute Gasteiger partial charge is 0.325 e. The molecule has 0 bridgehead atoms. The molecule has 1 amide bonds. The van der Waals surface area contributed by atoms with E-state index in [9.17, 15) is 9.18 Å². The zero-order valence-corrected chi connectivity index (χ0v) is 20.8. The molecule has 0 radical (unpaired) electrons. The number of rotatable bonds is 9. The third-order valence-electron chi connectivity index (χ3n) is 5.75. The molecule has 0 aliphatic rings. The monoisotopic (exact) mass is 489 g/mol. The molecule has 8 heteroatoms. The Morgan fingerprint density at radius 1 is 1.00 bits per heavy atom. The lowest BCUT2D eigenvalue weighted by Crippen LogP contribution is -2.21. The van der Waals surface area contributed by atoms with Gasteiger partial charge in [0.2, 0.25) is 5.91 Å². The summed E-state index contributed by atoms with van der Waals surface area (Å²) in [6.07, 6.45) is 0.731. The first kappa shape index (κ1) is 24.6. The molecule has 0 unspecified atom stereocenters. The van der Waals surface area contributed by atoms with Crippen molar-refractivity contribution in [2.24, 2.45) is 0 Å². The van der Waals surface area contributed by atoms with E-state index >= 15 is 0 Å². The molecule has 35 heavy (non-hydrogen) atoms. The molecule has 4 aromatic rings. The summed E-state index contributed by atoms with van der Waals surface area (Å²) in [7, 11) is 3.92. The second kappa shape index (κ2) is 11.3. The zero-order valence-electron chi connectivity index (χ0n) is 20.0. The molecular weight excluding hydrogens is 461 g/mol. The van der Waals surface area contributed by atoms with Crippen molar-refractivity contribution < 1.29 is 9.18 Å². The minimum absolute atomic E-state index is 0.0272. The molecule has 0 aliphatic heterocycles. The van der Waals surface area contributed by atoms with Gasteiger partial charge in [-0.3, -0.25) is 14.3 Å². The number of para-hydroxylation sites is 1. The van der Waals surface area contributed by atoms with Gasteiger partial charge in [0.05, 0.1) is 11.8 Å². The van der Waals surface area contributed by atoms with Gasteiger partial charge in [-0.1, -0.05) is 60.3 Å². The van der Waals surface area contributed by atoms with Gasteiger partial charge in [-0.2, -0.15) is 0 Å². The van der Waals surface area contributed by atoms with Crippen LogP contribution in [0.15, 0.2) is 84.0 Å². The molecule has 3 aromatic carbocycles. The minimum atomic E-state index is -0.313. The number of carbonyl (C=O) groups excluding carboxylic acids is 1. The first-order valence-electron chi connectivity index (χ1n) is 11.3. The van der Waals surface area contributed by atoms with E-state index in [1.54, 1.807) is 12.1 Å². The maximum absolute atomic E-state index is 13.5. The maximum Gasteiger partial charge on any atom is 0.234 e. The van der Waals surface area contributed by atoms with Crippen molar-refractivity contribution in [1.82, 2.24) is 19.7 Å². The molecule has 1 aromatic heterocycles. The van der Waals surface area contributed by atoms with Crippen molar-refractivity contribution in [3.05, 3.63) is 102 Å². The highest BCUT2D eigenvalue weighted by atomic mass is 32.2. The van der Waals surface area contributed by atoms with Gasteiger partial charge in [-0.25, -0.2) is 4.39 Å². The standard InChI is InChI=1S/C27H28FN5OS/c1-19(32(2)3)26-30-31-27(33(26)23-15-13-22(28)14-16-23)35-18-25(34)29-24-12-8-7-11-21(24)17-20-9-5-4-6-10-20/h4-16,19H,17-18H2,1-3H3,(H,29,34)/t19-/m1/s1. The van der Waals surface area contributed by atoms with Crippen LogP contribution in [0.2, 0.25) is 0 Å². The molecule has 0 fully saturated rings. The summed E-state index contributed by atoms with van der Waals surface area (Å²) in [6.45, 7) is 2.02. The molecule has 0 spiro atoms. The quantitative estimate of drug-likeness (QED) is 0.321. The summed E-state index contributed by atoms with van der Waals surface area (Å²) in [4.78, 5) is 14.9. The highest BCUT2D eigenvalue weighted by molar-refractivity contribution is 7.99. The number of anilines is 1. The summed E-state index contributed by atoms with van der Waals surface area (Å²) in [5.74, 6) is 0.436. The van der Waals surface area contributed by atoms with Crippen molar-refractivity contribution in [1.29, 1.82) is 0 Å².